The minimum absolute atomic E-state index is 0.736. The Morgan fingerprint density at radius 1 is 1.29 bits per heavy atom. The van der Waals surface area contributed by atoms with Crippen molar-refractivity contribution in [3.05, 3.63) is 24.6 Å². The Balaban J connectivity index is 2.38. The maximum atomic E-state index is 2.22. The summed E-state index contributed by atoms with van der Waals surface area (Å²) in [5.74, 6) is 0.736. The summed E-state index contributed by atoms with van der Waals surface area (Å²) in [6.07, 6.45) is 8.70. The lowest BCUT2D eigenvalue weighted by molar-refractivity contribution is 0.555. The lowest BCUT2D eigenvalue weighted by Crippen LogP contribution is -2.01. The van der Waals surface area contributed by atoms with Gasteiger partial charge in [0.2, 0.25) is 0 Å². The summed E-state index contributed by atoms with van der Waals surface area (Å²) in [5.41, 5.74) is 0. The summed E-state index contributed by atoms with van der Waals surface area (Å²) in [6, 6.07) is 0. The Bertz CT molecular complexity index is 107. The Kier molecular flexibility index (Phi) is 0.432. The van der Waals surface area contributed by atoms with Crippen LogP contribution in [0, 0.1) is 5.92 Å². The first-order valence-corrected chi connectivity index (χ1v) is 2.57. The third-order valence-electron chi connectivity index (χ3n) is 1.47. The van der Waals surface area contributed by atoms with E-state index in [1.54, 1.807) is 0 Å². The standard InChI is InChI=1S/C6H7N/c1-3-7-4-2-6(1)5-7/h1-4,6H,5H2. The van der Waals surface area contributed by atoms with Gasteiger partial charge in [0.05, 0.1) is 0 Å². The highest BCUT2D eigenvalue weighted by atomic mass is 15.1. The quantitative estimate of drug-likeness (QED) is 0.431. The van der Waals surface area contributed by atoms with Gasteiger partial charge in [-0.3, -0.25) is 0 Å². The number of rotatable bonds is 0. The van der Waals surface area contributed by atoms with Crippen LogP contribution in [0.4, 0.5) is 0 Å². The molecule has 0 radical (unpaired) electrons. The molecule has 0 spiro atoms. The molecule has 0 fully saturated rings. The van der Waals surface area contributed by atoms with Crippen LogP contribution in [0.25, 0.3) is 0 Å². The van der Waals surface area contributed by atoms with Gasteiger partial charge in [0.15, 0.2) is 0 Å². The van der Waals surface area contributed by atoms with Crippen molar-refractivity contribution in [3.63, 3.8) is 0 Å². The largest absolute Gasteiger partial charge is 0.354 e. The smallest absolute Gasteiger partial charge is 0.0318 e. The summed E-state index contributed by atoms with van der Waals surface area (Å²) < 4.78 is 0. The zero-order chi connectivity index (χ0) is 4.69. The van der Waals surface area contributed by atoms with Crippen LogP contribution >= 0.6 is 0 Å². The molecule has 0 aromatic carbocycles. The van der Waals surface area contributed by atoms with Crippen molar-refractivity contribution in [2.75, 3.05) is 6.54 Å². The van der Waals surface area contributed by atoms with Gasteiger partial charge < -0.3 is 4.90 Å². The molecule has 1 heteroatoms. The second-order valence-electron chi connectivity index (χ2n) is 2.04. The fourth-order valence-electron chi connectivity index (χ4n) is 1.04. The molecule has 0 aliphatic carbocycles. The van der Waals surface area contributed by atoms with Gasteiger partial charge in [-0.15, -0.1) is 0 Å². The Morgan fingerprint density at radius 2 is 2.00 bits per heavy atom. The average molecular weight is 93.1 g/mol. The molecule has 0 saturated heterocycles. The predicted octanol–water partition coefficient (Wildman–Crippen LogP) is 0.959. The Morgan fingerprint density at radius 3 is 2.14 bits per heavy atom. The second-order valence-corrected chi connectivity index (χ2v) is 2.04. The molecule has 2 rings (SSSR count). The van der Waals surface area contributed by atoms with Crippen LogP contribution in [0.3, 0.4) is 0 Å². The second kappa shape index (κ2) is 0.915. The number of hydrogen-bond donors (Lipinski definition) is 0. The van der Waals surface area contributed by atoms with Gasteiger partial charge in [-0.2, -0.15) is 0 Å². The molecule has 1 nitrogen and oxygen atoms in total. The molecule has 0 unspecified atom stereocenters. The molecule has 0 amide bonds. The van der Waals surface area contributed by atoms with Gasteiger partial charge in [-0.25, -0.2) is 0 Å². The van der Waals surface area contributed by atoms with E-state index in [9.17, 15) is 0 Å². The number of fused-ring (bicyclic) bond motifs is 2. The third-order valence-corrected chi connectivity index (χ3v) is 1.47. The lowest BCUT2D eigenvalue weighted by atomic mass is 10.2. The molecule has 36 valence electrons. The van der Waals surface area contributed by atoms with Crippen molar-refractivity contribution < 1.29 is 0 Å². The summed E-state index contributed by atoms with van der Waals surface area (Å²) in [5, 5.41) is 0. The van der Waals surface area contributed by atoms with Crippen molar-refractivity contribution in [2.45, 2.75) is 0 Å². The summed E-state index contributed by atoms with van der Waals surface area (Å²) in [4.78, 5) is 2.20. The molecule has 0 atom stereocenters. The van der Waals surface area contributed by atoms with Crippen molar-refractivity contribution in [1.82, 2.24) is 4.90 Å². The Hall–Kier alpha value is -0.720. The monoisotopic (exact) mass is 93.1 g/mol. The maximum absolute atomic E-state index is 2.22. The van der Waals surface area contributed by atoms with Crippen LogP contribution < -0.4 is 0 Å². The molecule has 0 N–H and O–H groups in total. The minimum Gasteiger partial charge on any atom is -0.354 e. The van der Waals surface area contributed by atoms with Crippen molar-refractivity contribution >= 4 is 0 Å². The summed E-state index contributed by atoms with van der Waals surface area (Å²) >= 11 is 0. The van der Waals surface area contributed by atoms with E-state index >= 15 is 0 Å². The first-order valence-electron chi connectivity index (χ1n) is 2.57. The minimum atomic E-state index is 0.736. The first-order chi connectivity index (χ1) is 3.45. The van der Waals surface area contributed by atoms with Gasteiger partial charge in [-0.05, 0) is 0 Å². The van der Waals surface area contributed by atoms with E-state index in [2.05, 4.69) is 29.5 Å². The number of hydrogen-bond acceptors (Lipinski definition) is 1. The van der Waals surface area contributed by atoms with E-state index in [4.69, 9.17) is 0 Å². The molecule has 0 saturated carbocycles. The molecule has 7 heavy (non-hydrogen) atoms. The average Bonchev–Trinajstić information content (AvgIpc) is 2.22. The van der Waals surface area contributed by atoms with Crippen LogP contribution in [0.1, 0.15) is 0 Å². The molecule has 2 aliphatic heterocycles. The highest BCUT2D eigenvalue weighted by Crippen LogP contribution is 2.20. The van der Waals surface area contributed by atoms with Crippen molar-refractivity contribution in [1.29, 1.82) is 0 Å². The SMILES string of the molecule is C1=CN2C=CC1C2. The normalized spacial score (nSPS) is 25.4. The van der Waals surface area contributed by atoms with E-state index < -0.39 is 0 Å². The molecular formula is C6H7N. The fraction of sp³-hybridized carbons (Fsp3) is 0.333. The molecular weight excluding hydrogens is 86.1 g/mol. The van der Waals surface area contributed by atoms with Gasteiger partial charge in [0, 0.05) is 24.9 Å². The van der Waals surface area contributed by atoms with Gasteiger partial charge in [-0.1, -0.05) is 12.2 Å². The van der Waals surface area contributed by atoms with E-state index in [1.165, 1.54) is 6.54 Å². The lowest BCUT2D eigenvalue weighted by Gasteiger charge is -2.00. The summed E-state index contributed by atoms with van der Waals surface area (Å²) in [7, 11) is 0. The molecule has 0 aromatic heterocycles. The summed E-state index contributed by atoms with van der Waals surface area (Å²) in [6.45, 7) is 1.19. The van der Waals surface area contributed by atoms with E-state index in [1.807, 2.05) is 0 Å². The predicted molar refractivity (Wildman–Crippen MR) is 28.5 cm³/mol. The maximum Gasteiger partial charge on any atom is 0.0318 e. The van der Waals surface area contributed by atoms with E-state index in [-0.39, 0.29) is 0 Å². The first kappa shape index (κ1) is 3.30. The zero-order valence-corrected chi connectivity index (χ0v) is 4.04. The van der Waals surface area contributed by atoms with Crippen LogP contribution in [0.15, 0.2) is 24.6 Å². The van der Waals surface area contributed by atoms with Crippen LogP contribution in [0.5, 0.6) is 0 Å². The van der Waals surface area contributed by atoms with Crippen molar-refractivity contribution in [3.8, 4) is 0 Å². The van der Waals surface area contributed by atoms with E-state index in [0.717, 1.165) is 5.92 Å². The van der Waals surface area contributed by atoms with Crippen LogP contribution in [0.2, 0.25) is 0 Å². The molecule has 2 heterocycles. The topological polar surface area (TPSA) is 3.24 Å². The van der Waals surface area contributed by atoms with Gasteiger partial charge in [0.25, 0.3) is 0 Å². The van der Waals surface area contributed by atoms with Gasteiger partial charge in [0.1, 0.15) is 0 Å². The number of nitrogens with zero attached hydrogens (tertiary/aromatic N) is 1. The fourth-order valence-corrected chi connectivity index (χ4v) is 1.04. The zero-order valence-electron chi connectivity index (χ0n) is 4.04. The molecule has 2 aliphatic rings. The van der Waals surface area contributed by atoms with Gasteiger partial charge >= 0.3 is 0 Å². The van der Waals surface area contributed by atoms with Crippen LogP contribution in [-0.4, -0.2) is 11.4 Å². The molecule has 2 bridgehead atoms. The molecule has 0 aromatic rings. The third kappa shape index (κ3) is 0.322. The highest BCUT2D eigenvalue weighted by Gasteiger charge is 2.15. The van der Waals surface area contributed by atoms with Crippen molar-refractivity contribution in [2.24, 2.45) is 5.92 Å². The highest BCUT2D eigenvalue weighted by molar-refractivity contribution is 5.16. The van der Waals surface area contributed by atoms with E-state index in [0.29, 0.717) is 0 Å². The Labute approximate surface area is 42.9 Å². The van der Waals surface area contributed by atoms with Crippen LogP contribution in [-0.2, 0) is 0 Å².